The van der Waals surface area contributed by atoms with Crippen LogP contribution in [0.2, 0.25) is 0 Å². The van der Waals surface area contributed by atoms with E-state index in [1.54, 1.807) is 70.3 Å². The van der Waals surface area contributed by atoms with Crippen molar-refractivity contribution in [1.82, 2.24) is 9.47 Å². The Bertz CT molecular complexity index is 1430. The van der Waals surface area contributed by atoms with Crippen molar-refractivity contribution in [3.05, 3.63) is 90.9 Å². The summed E-state index contributed by atoms with van der Waals surface area (Å²) in [5.74, 6) is -0.340. The molecular weight excluding hydrogens is 453 g/mol. The molecule has 1 aliphatic rings. The standard InChI is InChI=1S/C26H24FN3O3S/c27-20-10-12-21(13-11-20)28-14-16-29(17-15-28)26(31)19-30-18-25(23-8-4-5-9-24(23)30)34(32,33)22-6-2-1-3-7-22/h1-13,18H,14-17,19H2. The molecule has 3 aromatic carbocycles. The number of fused-ring (bicyclic) bond motifs is 1. The van der Waals surface area contributed by atoms with E-state index in [0.29, 0.717) is 37.1 Å². The molecule has 1 aliphatic heterocycles. The fraction of sp³-hybridized carbons (Fsp3) is 0.192. The Kier molecular flexibility index (Phi) is 5.83. The Balaban J connectivity index is 1.36. The van der Waals surface area contributed by atoms with Gasteiger partial charge in [0, 0.05) is 49.0 Å². The van der Waals surface area contributed by atoms with Gasteiger partial charge in [-0.15, -0.1) is 0 Å². The fourth-order valence-electron chi connectivity index (χ4n) is 4.40. The molecule has 1 amide bonds. The second kappa shape index (κ2) is 8.95. The number of hydrogen-bond donors (Lipinski definition) is 0. The molecule has 0 saturated carbocycles. The van der Waals surface area contributed by atoms with Crippen molar-refractivity contribution in [3.63, 3.8) is 0 Å². The van der Waals surface area contributed by atoms with Crippen LogP contribution in [0.25, 0.3) is 10.9 Å². The number of aromatic nitrogens is 1. The molecule has 0 N–H and O–H groups in total. The van der Waals surface area contributed by atoms with E-state index >= 15 is 0 Å². The highest BCUT2D eigenvalue weighted by molar-refractivity contribution is 7.91. The molecule has 0 atom stereocenters. The lowest BCUT2D eigenvalue weighted by atomic mass is 10.2. The maximum Gasteiger partial charge on any atom is 0.242 e. The first-order valence-corrected chi connectivity index (χ1v) is 12.6. The SMILES string of the molecule is O=C(Cn1cc(S(=O)(=O)c2ccccc2)c2ccccc21)N1CCN(c2ccc(F)cc2)CC1. The summed E-state index contributed by atoms with van der Waals surface area (Å²) in [6.45, 7) is 2.45. The number of rotatable bonds is 5. The van der Waals surface area contributed by atoms with Gasteiger partial charge in [-0.1, -0.05) is 36.4 Å². The average molecular weight is 478 g/mol. The summed E-state index contributed by atoms with van der Waals surface area (Å²) >= 11 is 0. The van der Waals surface area contributed by atoms with Crippen molar-refractivity contribution >= 4 is 32.3 Å². The topological polar surface area (TPSA) is 62.6 Å². The summed E-state index contributed by atoms with van der Waals surface area (Å²) in [7, 11) is -3.73. The van der Waals surface area contributed by atoms with Crippen LogP contribution in [0.1, 0.15) is 0 Å². The molecule has 6 nitrogen and oxygen atoms in total. The van der Waals surface area contributed by atoms with Crippen molar-refractivity contribution in [2.45, 2.75) is 16.3 Å². The van der Waals surface area contributed by atoms with Crippen LogP contribution in [0.3, 0.4) is 0 Å². The van der Waals surface area contributed by atoms with Crippen LogP contribution < -0.4 is 4.90 Å². The Morgan fingerprint density at radius 1 is 0.824 bits per heavy atom. The van der Waals surface area contributed by atoms with E-state index in [4.69, 9.17) is 0 Å². The lowest BCUT2D eigenvalue weighted by Gasteiger charge is -2.36. The highest BCUT2D eigenvalue weighted by Gasteiger charge is 2.26. The number of nitrogens with zero attached hydrogens (tertiary/aromatic N) is 3. The van der Waals surface area contributed by atoms with Crippen molar-refractivity contribution < 1.29 is 17.6 Å². The number of piperazine rings is 1. The van der Waals surface area contributed by atoms with Crippen molar-refractivity contribution in [1.29, 1.82) is 0 Å². The molecule has 1 aromatic heterocycles. The maximum atomic E-state index is 13.3. The van der Waals surface area contributed by atoms with Crippen LogP contribution in [-0.2, 0) is 21.2 Å². The summed E-state index contributed by atoms with van der Waals surface area (Å²) in [6.07, 6.45) is 1.57. The molecule has 0 unspecified atom stereocenters. The van der Waals surface area contributed by atoms with Gasteiger partial charge >= 0.3 is 0 Å². The lowest BCUT2D eigenvalue weighted by Crippen LogP contribution is -2.49. The molecule has 174 valence electrons. The third-order valence-electron chi connectivity index (χ3n) is 6.22. The predicted molar refractivity (Wildman–Crippen MR) is 129 cm³/mol. The van der Waals surface area contributed by atoms with Crippen molar-refractivity contribution in [2.24, 2.45) is 0 Å². The smallest absolute Gasteiger partial charge is 0.242 e. The van der Waals surface area contributed by atoms with Crippen molar-refractivity contribution in [3.8, 4) is 0 Å². The number of para-hydroxylation sites is 1. The van der Waals surface area contributed by atoms with Crippen LogP contribution in [0.4, 0.5) is 10.1 Å². The van der Waals surface area contributed by atoms with E-state index in [1.807, 2.05) is 12.1 Å². The van der Waals surface area contributed by atoms with Crippen LogP contribution in [0.5, 0.6) is 0 Å². The zero-order chi connectivity index (χ0) is 23.7. The van der Waals surface area contributed by atoms with Gasteiger partial charge in [-0.05, 0) is 42.5 Å². The predicted octanol–water partition coefficient (Wildman–Crippen LogP) is 3.96. The second-order valence-electron chi connectivity index (χ2n) is 8.30. The largest absolute Gasteiger partial charge is 0.368 e. The second-order valence-corrected chi connectivity index (χ2v) is 10.2. The number of amides is 1. The van der Waals surface area contributed by atoms with Gasteiger partial charge in [0.2, 0.25) is 15.7 Å². The summed E-state index contributed by atoms with van der Waals surface area (Å²) in [6, 6.07) is 21.9. The number of benzene rings is 3. The molecule has 5 rings (SSSR count). The monoisotopic (exact) mass is 477 g/mol. The summed E-state index contributed by atoms with van der Waals surface area (Å²) in [4.78, 5) is 17.5. The third kappa shape index (κ3) is 4.17. The van der Waals surface area contributed by atoms with Gasteiger partial charge in [-0.2, -0.15) is 0 Å². The van der Waals surface area contributed by atoms with Gasteiger partial charge in [-0.3, -0.25) is 4.79 Å². The average Bonchev–Trinajstić information content (AvgIpc) is 3.24. The molecule has 0 radical (unpaired) electrons. The summed E-state index contributed by atoms with van der Waals surface area (Å²) in [5.41, 5.74) is 1.64. The first-order chi connectivity index (χ1) is 16.4. The van der Waals surface area contributed by atoms with Crippen LogP contribution in [-0.4, -0.2) is 50.0 Å². The van der Waals surface area contributed by atoms with E-state index in [9.17, 15) is 17.6 Å². The molecule has 8 heteroatoms. The van der Waals surface area contributed by atoms with E-state index < -0.39 is 9.84 Å². The lowest BCUT2D eigenvalue weighted by molar-refractivity contribution is -0.132. The first kappa shape index (κ1) is 22.2. The maximum absolute atomic E-state index is 13.3. The van der Waals surface area contributed by atoms with Crippen molar-refractivity contribution in [2.75, 3.05) is 31.1 Å². The molecule has 4 aromatic rings. The number of anilines is 1. The molecule has 0 bridgehead atoms. The Hall–Kier alpha value is -3.65. The molecular formula is C26H24FN3O3S. The molecule has 2 heterocycles. The van der Waals surface area contributed by atoms with Gasteiger partial charge in [0.05, 0.1) is 9.79 Å². The zero-order valence-electron chi connectivity index (χ0n) is 18.5. The number of hydrogen-bond acceptors (Lipinski definition) is 4. The third-order valence-corrected chi connectivity index (χ3v) is 8.02. The Morgan fingerprint density at radius 2 is 1.47 bits per heavy atom. The number of sulfone groups is 1. The van der Waals surface area contributed by atoms with E-state index in [1.165, 1.54) is 12.1 Å². The van der Waals surface area contributed by atoms with E-state index in [-0.39, 0.29) is 28.1 Å². The molecule has 34 heavy (non-hydrogen) atoms. The summed E-state index contributed by atoms with van der Waals surface area (Å²) < 4.78 is 41.5. The quantitative estimate of drug-likeness (QED) is 0.437. The minimum absolute atomic E-state index is 0.0569. The summed E-state index contributed by atoms with van der Waals surface area (Å²) in [5, 5.41) is 0.597. The number of carbonyl (C=O) groups is 1. The van der Waals surface area contributed by atoms with Crippen LogP contribution in [0, 0.1) is 5.82 Å². The highest BCUT2D eigenvalue weighted by atomic mass is 32.2. The van der Waals surface area contributed by atoms with Crippen LogP contribution in [0.15, 0.2) is 94.9 Å². The van der Waals surface area contributed by atoms with E-state index in [0.717, 1.165) is 5.69 Å². The Morgan fingerprint density at radius 3 is 2.18 bits per heavy atom. The molecule has 0 spiro atoms. The van der Waals surface area contributed by atoms with Gasteiger partial charge in [0.1, 0.15) is 12.4 Å². The fourth-order valence-corrected chi connectivity index (χ4v) is 5.89. The molecule has 1 fully saturated rings. The minimum Gasteiger partial charge on any atom is -0.368 e. The van der Waals surface area contributed by atoms with Gasteiger partial charge in [0.25, 0.3) is 0 Å². The highest BCUT2D eigenvalue weighted by Crippen LogP contribution is 2.30. The van der Waals surface area contributed by atoms with E-state index in [2.05, 4.69) is 4.90 Å². The normalized spacial score (nSPS) is 14.5. The number of halogens is 1. The molecule has 0 aliphatic carbocycles. The minimum atomic E-state index is -3.73. The first-order valence-electron chi connectivity index (χ1n) is 11.1. The molecule has 1 saturated heterocycles. The Labute approximate surface area is 197 Å². The van der Waals surface area contributed by atoms with Gasteiger partial charge in [-0.25, -0.2) is 12.8 Å². The van der Waals surface area contributed by atoms with Crippen LogP contribution >= 0.6 is 0 Å². The van der Waals surface area contributed by atoms with Gasteiger partial charge in [0.15, 0.2) is 0 Å². The zero-order valence-corrected chi connectivity index (χ0v) is 19.3. The van der Waals surface area contributed by atoms with Gasteiger partial charge < -0.3 is 14.4 Å². The number of carbonyl (C=O) groups excluding carboxylic acids is 1.